The molecule has 2 fully saturated rings. The topological polar surface area (TPSA) is 49.4 Å². The van der Waals surface area contributed by atoms with E-state index >= 15 is 0 Å². The van der Waals surface area contributed by atoms with Crippen molar-refractivity contribution in [1.82, 2.24) is 10.2 Å². The molecule has 1 aliphatic carbocycles. The van der Waals surface area contributed by atoms with Gasteiger partial charge in [0.2, 0.25) is 5.91 Å². The average Bonchev–Trinajstić information content (AvgIpc) is 2.90. The summed E-state index contributed by atoms with van der Waals surface area (Å²) >= 11 is 6.58. The Kier molecular flexibility index (Phi) is 6.85. The summed E-state index contributed by atoms with van der Waals surface area (Å²) in [7, 11) is 0. The van der Waals surface area contributed by atoms with Crippen molar-refractivity contribution >= 4 is 46.2 Å². The van der Waals surface area contributed by atoms with Crippen molar-refractivity contribution in [3.05, 3.63) is 52.4 Å². The Morgan fingerprint density at radius 2 is 1.96 bits per heavy atom. The van der Waals surface area contributed by atoms with Crippen molar-refractivity contribution in [2.45, 2.75) is 45.1 Å². The lowest BCUT2D eigenvalue weighted by Gasteiger charge is -2.24. The molecule has 1 N–H and O–H groups in total. The highest BCUT2D eigenvalue weighted by Gasteiger charge is 2.33. The first-order chi connectivity index (χ1) is 13.0. The van der Waals surface area contributed by atoms with E-state index in [1.807, 2.05) is 49.4 Å². The van der Waals surface area contributed by atoms with Gasteiger partial charge < -0.3 is 5.32 Å². The van der Waals surface area contributed by atoms with Crippen LogP contribution in [0.15, 0.2) is 46.9 Å². The molecule has 1 heterocycles. The molecular formula is C21H24N2O2S2. The summed E-state index contributed by atoms with van der Waals surface area (Å²) in [6, 6.07) is 10.2. The van der Waals surface area contributed by atoms with Crippen molar-refractivity contribution in [2.75, 3.05) is 6.54 Å². The predicted molar refractivity (Wildman–Crippen MR) is 115 cm³/mol. The van der Waals surface area contributed by atoms with Crippen LogP contribution in [0.5, 0.6) is 0 Å². The molecule has 0 radical (unpaired) electrons. The van der Waals surface area contributed by atoms with Gasteiger partial charge in [-0.15, -0.1) is 0 Å². The number of benzene rings is 1. The first-order valence-electron chi connectivity index (χ1n) is 9.31. The van der Waals surface area contributed by atoms with Crippen LogP contribution in [-0.2, 0) is 9.59 Å². The van der Waals surface area contributed by atoms with Gasteiger partial charge in [0, 0.05) is 6.04 Å². The molecule has 1 aliphatic heterocycles. The fourth-order valence-electron chi connectivity index (χ4n) is 3.36. The SMILES string of the molecule is CC(/C=C1\SC(=S)N(CC(=O)NC2CCCCC2)C1=O)=C\c1ccccc1. The molecule has 0 bridgehead atoms. The number of nitrogens with zero attached hydrogens (tertiary/aromatic N) is 1. The number of nitrogens with one attached hydrogen (secondary N) is 1. The number of carbonyl (C=O) groups excluding carboxylic acids is 2. The molecule has 2 amide bonds. The quantitative estimate of drug-likeness (QED) is 0.592. The zero-order valence-electron chi connectivity index (χ0n) is 15.4. The summed E-state index contributed by atoms with van der Waals surface area (Å²) in [5.41, 5.74) is 2.04. The Hall–Kier alpha value is -1.92. The fraction of sp³-hybridized carbons (Fsp3) is 0.381. The molecule has 27 heavy (non-hydrogen) atoms. The molecule has 1 aromatic carbocycles. The smallest absolute Gasteiger partial charge is 0.266 e. The van der Waals surface area contributed by atoms with Gasteiger partial charge in [-0.3, -0.25) is 14.5 Å². The van der Waals surface area contributed by atoms with Crippen LogP contribution in [0.25, 0.3) is 6.08 Å². The lowest BCUT2D eigenvalue weighted by molar-refractivity contribution is -0.129. The summed E-state index contributed by atoms with van der Waals surface area (Å²) in [6.07, 6.45) is 9.44. The second-order valence-electron chi connectivity index (χ2n) is 6.97. The Bertz CT molecular complexity index is 781. The molecule has 2 aliphatic rings. The number of hydrogen-bond donors (Lipinski definition) is 1. The lowest BCUT2D eigenvalue weighted by atomic mass is 9.95. The standard InChI is InChI=1S/C21H24N2O2S2/c1-15(12-16-8-4-2-5-9-16)13-18-20(25)23(21(26)27-18)14-19(24)22-17-10-6-3-7-11-17/h2,4-5,8-9,12-13,17H,3,6-7,10-11,14H2,1H3,(H,22,24)/b15-12+,18-13-. The maximum atomic E-state index is 12.7. The van der Waals surface area contributed by atoms with Gasteiger partial charge in [0.25, 0.3) is 5.91 Å². The van der Waals surface area contributed by atoms with Gasteiger partial charge in [-0.05, 0) is 37.0 Å². The van der Waals surface area contributed by atoms with E-state index in [9.17, 15) is 9.59 Å². The van der Waals surface area contributed by atoms with Crippen LogP contribution in [0.4, 0.5) is 0 Å². The van der Waals surface area contributed by atoms with Crippen LogP contribution >= 0.6 is 24.0 Å². The molecule has 0 atom stereocenters. The molecule has 1 saturated heterocycles. The van der Waals surface area contributed by atoms with Crippen LogP contribution in [0.3, 0.4) is 0 Å². The molecule has 0 aromatic heterocycles. The molecule has 0 unspecified atom stereocenters. The van der Waals surface area contributed by atoms with Crippen molar-refractivity contribution in [3.63, 3.8) is 0 Å². The van der Waals surface area contributed by atoms with Crippen LogP contribution in [0.2, 0.25) is 0 Å². The Balaban J connectivity index is 1.62. The predicted octanol–water partition coefficient (Wildman–Crippen LogP) is 4.28. The Labute approximate surface area is 170 Å². The van der Waals surface area contributed by atoms with Gasteiger partial charge in [0.15, 0.2) is 0 Å². The maximum absolute atomic E-state index is 12.7. The van der Waals surface area contributed by atoms with Crippen LogP contribution in [-0.4, -0.2) is 33.6 Å². The summed E-state index contributed by atoms with van der Waals surface area (Å²) in [6.45, 7) is 1.95. The van der Waals surface area contributed by atoms with Gasteiger partial charge in [-0.1, -0.05) is 79.7 Å². The fourth-order valence-corrected chi connectivity index (χ4v) is 4.67. The third-order valence-electron chi connectivity index (χ3n) is 4.70. The summed E-state index contributed by atoms with van der Waals surface area (Å²) in [5, 5.41) is 3.04. The van der Waals surface area contributed by atoms with E-state index in [4.69, 9.17) is 12.2 Å². The number of thioether (sulfide) groups is 1. The minimum atomic E-state index is -0.190. The van der Waals surface area contributed by atoms with E-state index in [2.05, 4.69) is 5.32 Å². The van der Waals surface area contributed by atoms with Gasteiger partial charge in [0.1, 0.15) is 10.9 Å². The van der Waals surface area contributed by atoms with E-state index < -0.39 is 0 Å². The molecule has 142 valence electrons. The number of thiocarbonyl (C=S) groups is 1. The van der Waals surface area contributed by atoms with E-state index in [1.165, 1.54) is 23.1 Å². The largest absolute Gasteiger partial charge is 0.352 e. The highest BCUT2D eigenvalue weighted by molar-refractivity contribution is 8.26. The van der Waals surface area contributed by atoms with Gasteiger partial charge >= 0.3 is 0 Å². The highest BCUT2D eigenvalue weighted by atomic mass is 32.2. The van der Waals surface area contributed by atoms with Crippen LogP contribution in [0.1, 0.15) is 44.6 Å². The summed E-state index contributed by atoms with van der Waals surface area (Å²) in [5.74, 6) is -0.319. The monoisotopic (exact) mass is 400 g/mol. The van der Waals surface area contributed by atoms with Crippen molar-refractivity contribution in [1.29, 1.82) is 0 Å². The molecular weight excluding hydrogens is 376 g/mol. The molecule has 0 spiro atoms. The maximum Gasteiger partial charge on any atom is 0.266 e. The molecule has 4 nitrogen and oxygen atoms in total. The first-order valence-corrected chi connectivity index (χ1v) is 10.5. The number of hydrogen-bond acceptors (Lipinski definition) is 4. The summed E-state index contributed by atoms with van der Waals surface area (Å²) < 4.78 is 0.442. The molecule has 1 saturated carbocycles. The van der Waals surface area contributed by atoms with Gasteiger partial charge in [-0.2, -0.15) is 0 Å². The second-order valence-corrected chi connectivity index (χ2v) is 8.65. The van der Waals surface area contributed by atoms with E-state index in [0.29, 0.717) is 9.23 Å². The number of allylic oxidation sites excluding steroid dienone is 2. The molecule has 6 heteroatoms. The Morgan fingerprint density at radius 1 is 1.26 bits per heavy atom. The Morgan fingerprint density at radius 3 is 2.67 bits per heavy atom. The van der Waals surface area contributed by atoms with E-state index in [1.54, 1.807) is 0 Å². The normalized spacial score (nSPS) is 20.4. The number of rotatable bonds is 5. The first kappa shape index (κ1) is 19.8. The summed E-state index contributed by atoms with van der Waals surface area (Å²) in [4.78, 5) is 27.0. The van der Waals surface area contributed by atoms with E-state index in [0.717, 1.165) is 36.8 Å². The zero-order valence-corrected chi connectivity index (χ0v) is 17.1. The third kappa shape index (κ3) is 5.53. The van der Waals surface area contributed by atoms with Crippen LogP contribution < -0.4 is 5.32 Å². The number of carbonyl (C=O) groups is 2. The third-order valence-corrected chi connectivity index (χ3v) is 6.08. The second kappa shape index (κ2) is 9.33. The van der Waals surface area contributed by atoms with Crippen molar-refractivity contribution in [2.24, 2.45) is 0 Å². The number of amides is 2. The van der Waals surface area contributed by atoms with Gasteiger partial charge in [-0.25, -0.2) is 0 Å². The lowest BCUT2D eigenvalue weighted by Crippen LogP contribution is -2.44. The minimum Gasteiger partial charge on any atom is -0.352 e. The van der Waals surface area contributed by atoms with Gasteiger partial charge in [0.05, 0.1) is 4.91 Å². The van der Waals surface area contributed by atoms with Crippen molar-refractivity contribution in [3.8, 4) is 0 Å². The zero-order chi connectivity index (χ0) is 19.2. The van der Waals surface area contributed by atoms with E-state index in [-0.39, 0.29) is 24.4 Å². The molecule has 3 rings (SSSR count). The highest BCUT2D eigenvalue weighted by Crippen LogP contribution is 2.32. The minimum absolute atomic E-state index is 0.0000458. The molecule has 1 aromatic rings. The van der Waals surface area contributed by atoms with Crippen molar-refractivity contribution < 1.29 is 9.59 Å². The average molecular weight is 401 g/mol. The van der Waals surface area contributed by atoms with Crippen LogP contribution in [0, 0.1) is 0 Å².